The van der Waals surface area contributed by atoms with Crippen molar-refractivity contribution in [3.8, 4) is 22.9 Å². The number of methoxy groups -OCH3 is 2. The fourth-order valence-corrected chi connectivity index (χ4v) is 2.78. The highest BCUT2D eigenvalue weighted by molar-refractivity contribution is 5.69. The fraction of sp³-hybridized carbons (Fsp3) is 0.500. The van der Waals surface area contributed by atoms with Crippen LogP contribution in [0.25, 0.3) is 11.4 Å². The van der Waals surface area contributed by atoms with E-state index in [0.717, 1.165) is 18.7 Å². The van der Waals surface area contributed by atoms with Crippen molar-refractivity contribution in [1.82, 2.24) is 10.1 Å². The van der Waals surface area contributed by atoms with Crippen LogP contribution in [0.3, 0.4) is 0 Å². The Kier molecular flexibility index (Phi) is 4.46. The second-order valence-corrected chi connectivity index (χ2v) is 5.34. The summed E-state index contributed by atoms with van der Waals surface area (Å²) in [6.45, 7) is 1.94. The summed E-state index contributed by atoms with van der Waals surface area (Å²) in [6.07, 6.45) is 4.86. The summed E-state index contributed by atoms with van der Waals surface area (Å²) in [5.41, 5.74) is 0.770. The summed E-state index contributed by atoms with van der Waals surface area (Å²) in [7, 11) is 3.22. The Morgan fingerprint density at radius 3 is 2.50 bits per heavy atom. The van der Waals surface area contributed by atoms with Gasteiger partial charge in [0.05, 0.1) is 19.8 Å². The summed E-state index contributed by atoms with van der Waals surface area (Å²) < 4.78 is 16.2. The molecule has 6 nitrogen and oxygen atoms in total. The van der Waals surface area contributed by atoms with Gasteiger partial charge < -0.3 is 18.9 Å². The van der Waals surface area contributed by atoms with Crippen LogP contribution < -0.4 is 14.4 Å². The van der Waals surface area contributed by atoms with E-state index in [0.29, 0.717) is 23.3 Å². The third kappa shape index (κ3) is 2.86. The summed E-state index contributed by atoms with van der Waals surface area (Å²) in [5.74, 6) is 1.80. The lowest BCUT2D eigenvalue weighted by Crippen LogP contribution is -2.24. The molecule has 22 heavy (non-hydrogen) atoms. The number of hydrogen-bond donors (Lipinski definition) is 0. The smallest absolute Gasteiger partial charge is 0.324 e. The van der Waals surface area contributed by atoms with Gasteiger partial charge in [-0.1, -0.05) is 24.1 Å². The third-order valence-electron chi connectivity index (χ3n) is 3.94. The van der Waals surface area contributed by atoms with Gasteiger partial charge in [0.1, 0.15) is 0 Å². The lowest BCUT2D eigenvalue weighted by molar-refractivity contribution is 0.355. The molecule has 1 saturated heterocycles. The van der Waals surface area contributed by atoms with Crippen molar-refractivity contribution in [2.75, 3.05) is 32.2 Å². The van der Waals surface area contributed by atoms with Crippen LogP contribution in [0.15, 0.2) is 22.7 Å². The Morgan fingerprint density at radius 2 is 1.82 bits per heavy atom. The first-order valence-electron chi connectivity index (χ1n) is 7.63. The van der Waals surface area contributed by atoms with Crippen LogP contribution in [-0.4, -0.2) is 37.4 Å². The molecule has 0 radical (unpaired) electrons. The lowest BCUT2D eigenvalue weighted by atomic mass is 10.2. The lowest BCUT2D eigenvalue weighted by Gasteiger charge is -2.16. The second kappa shape index (κ2) is 6.68. The van der Waals surface area contributed by atoms with Crippen molar-refractivity contribution in [3.63, 3.8) is 0 Å². The van der Waals surface area contributed by atoms with E-state index in [-0.39, 0.29) is 0 Å². The number of anilines is 1. The van der Waals surface area contributed by atoms with Crippen LogP contribution in [-0.2, 0) is 0 Å². The fourth-order valence-electron chi connectivity index (χ4n) is 2.78. The Labute approximate surface area is 130 Å². The number of benzene rings is 1. The van der Waals surface area contributed by atoms with Gasteiger partial charge in [0.15, 0.2) is 11.5 Å². The molecule has 1 aromatic heterocycles. The van der Waals surface area contributed by atoms with E-state index in [2.05, 4.69) is 15.0 Å². The van der Waals surface area contributed by atoms with Crippen LogP contribution in [0.1, 0.15) is 25.7 Å². The van der Waals surface area contributed by atoms with Crippen molar-refractivity contribution in [3.05, 3.63) is 18.2 Å². The molecule has 6 heteroatoms. The molecule has 0 N–H and O–H groups in total. The molecular formula is C16H21N3O3. The number of hydrogen-bond acceptors (Lipinski definition) is 6. The standard InChI is InChI=1S/C16H21N3O3/c1-20-13-9-7-8-12(14(13)21-2)15-17-16(22-18-15)19-10-5-3-4-6-11-19/h7-9H,3-6,10-11H2,1-2H3. The molecule has 3 rings (SSSR count). The van der Waals surface area contributed by atoms with E-state index < -0.39 is 0 Å². The molecule has 0 saturated carbocycles. The maximum Gasteiger partial charge on any atom is 0.324 e. The van der Waals surface area contributed by atoms with Crippen LogP contribution in [0.2, 0.25) is 0 Å². The highest BCUT2D eigenvalue weighted by atomic mass is 16.5. The summed E-state index contributed by atoms with van der Waals surface area (Å²) >= 11 is 0. The molecule has 118 valence electrons. The maximum absolute atomic E-state index is 5.46. The molecule has 2 heterocycles. The molecule has 0 spiro atoms. The minimum Gasteiger partial charge on any atom is -0.493 e. The molecule has 0 bridgehead atoms. The van der Waals surface area contributed by atoms with Crippen LogP contribution in [0, 0.1) is 0 Å². The minimum absolute atomic E-state index is 0.523. The Morgan fingerprint density at radius 1 is 1.05 bits per heavy atom. The quantitative estimate of drug-likeness (QED) is 0.865. The molecule has 1 aromatic carbocycles. The van der Waals surface area contributed by atoms with E-state index in [1.54, 1.807) is 14.2 Å². The molecular weight excluding hydrogens is 282 g/mol. The minimum atomic E-state index is 0.523. The first-order chi connectivity index (χ1) is 10.8. The first kappa shape index (κ1) is 14.7. The highest BCUT2D eigenvalue weighted by Crippen LogP contribution is 2.37. The second-order valence-electron chi connectivity index (χ2n) is 5.34. The largest absolute Gasteiger partial charge is 0.493 e. The normalized spacial score (nSPS) is 15.5. The van der Waals surface area contributed by atoms with Gasteiger partial charge in [0.2, 0.25) is 5.82 Å². The average molecular weight is 303 g/mol. The molecule has 0 unspecified atom stereocenters. The third-order valence-corrected chi connectivity index (χ3v) is 3.94. The van der Waals surface area contributed by atoms with Crippen molar-refractivity contribution in [1.29, 1.82) is 0 Å². The number of nitrogens with zero attached hydrogens (tertiary/aromatic N) is 3. The van der Waals surface area contributed by atoms with Crippen LogP contribution >= 0.6 is 0 Å². The van der Waals surface area contributed by atoms with E-state index >= 15 is 0 Å². The first-order valence-corrected chi connectivity index (χ1v) is 7.63. The van der Waals surface area contributed by atoms with E-state index in [4.69, 9.17) is 14.0 Å². The number of rotatable bonds is 4. The van der Waals surface area contributed by atoms with Crippen molar-refractivity contribution < 1.29 is 14.0 Å². The molecule has 2 aromatic rings. The molecule has 0 atom stereocenters. The highest BCUT2D eigenvalue weighted by Gasteiger charge is 2.20. The Hall–Kier alpha value is -2.24. The SMILES string of the molecule is COc1cccc(-c2noc(N3CCCCCC3)n2)c1OC. The number of ether oxygens (including phenoxy) is 2. The Bertz CT molecular complexity index is 619. The summed E-state index contributed by atoms with van der Waals surface area (Å²) in [4.78, 5) is 6.71. The van der Waals surface area contributed by atoms with Gasteiger partial charge in [-0.15, -0.1) is 0 Å². The number of aromatic nitrogens is 2. The molecule has 1 fully saturated rings. The van der Waals surface area contributed by atoms with E-state index in [1.807, 2.05) is 18.2 Å². The van der Waals surface area contributed by atoms with Crippen LogP contribution in [0.4, 0.5) is 6.01 Å². The van der Waals surface area contributed by atoms with Crippen molar-refractivity contribution in [2.45, 2.75) is 25.7 Å². The van der Waals surface area contributed by atoms with Crippen LogP contribution in [0.5, 0.6) is 11.5 Å². The maximum atomic E-state index is 5.46. The average Bonchev–Trinajstić information content (AvgIpc) is 2.89. The monoisotopic (exact) mass is 303 g/mol. The van der Waals surface area contributed by atoms with Crippen molar-refractivity contribution in [2.24, 2.45) is 0 Å². The summed E-state index contributed by atoms with van der Waals surface area (Å²) in [6, 6.07) is 6.22. The van der Waals surface area contributed by atoms with E-state index in [9.17, 15) is 0 Å². The summed E-state index contributed by atoms with van der Waals surface area (Å²) in [5, 5.41) is 4.11. The van der Waals surface area contributed by atoms with Crippen molar-refractivity contribution >= 4 is 6.01 Å². The zero-order valence-corrected chi connectivity index (χ0v) is 13.0. The Balaban J connectivity index is 1.90. The zero-order valence-electron chi connectivity index (χ0n) is 13.0. The zero-order chi connectivity index (χ0) is 15.4. The predicted octanol–water partition coefficient (Wildman–Crippen LogP) is 3.13. The van der Waals surface area contributed by atoms with E-state index in [1.165, 1.54) is 25.7 Å². The molecule has 0 aliphatic carbocycles. The number of para-hydroxylation sites is 1. The van der Waals surface area contributed by atoms with Gasteiger partial charge in [0.25, 0.3) is 0 Å². The molecule has 1 aliphatic heterocycles. The van der Waals surface area contributed by atoms with Gasteiger partial charge in [-0.2, -0.15) is 4.98 Å². The van der Waals surface area contributed by atoms with Gasteiger partial charge in [-0.3, -0.25) is 0 Å². The van der Waals surface area contributed by atoms with Gasteiger partial charge >= 0.3 is 6.01 Å². The predicted molar refractivity (Wildman–Crippen MR) is 83.5 cm³/mol. The molecule has 1 aliphatic rings. The topological polar surface area (TPSA) is 60.6 Å². The van der Waals surface area contributed by atoms with Gasteiger partial charge in [-0.05, 0) is 25.0 Å². The molecule has 0 amide bonds. The van der Waals surface area contributed by atoms with Gasteiger partial charge in [0, 0.05) is 13.1 Å². The van der Waals surface area contributed by atoms with Gasteiger partial charge in [-0.25, -0.2) is 0 Å².